The van der Waals surface area contributed by atoms with Crippen LogP contribution in [-0.2, 0) is 4.79 Å². The van der Waals surface area contributed by atoms with E-state index in [0.29, 0.717) is 9.71 Å². The van der Waals surface area contributed by atoms with E-state index < -0.39 is 0 Å². The first-order valence-electron chi connectivity index (χ1n) is 3.48. The number of nitrogens with zero attached hydrogens (tertiary/aromatic N) is 2. The summed E-state index contributed by atoms with van der Waals surface area (Å²) in [6.45, 7) is 0. The SMILES string of the molecule is CN(C)C(=O)CSc1n[nH]c(=S)s1. The molecule has 7 heteroatoms. The van der Waals surface area contributed by atoms with Crippen LogP contribution in [0, 0.1) is 3.95 Å². The Kier molecular flexibility index (Phi) is 3.89. The van der Waals surface area contributed by atoms with Crippen molar-refractivity contribution in [2.45, 2.75) is 4.34 Å². The van der Waals surface area contributed by atoms with E-state index in [1.807, 2.05) is 0 Å². The maximum atomic E-state index is 11.2. The molecule has 0 aliphatic carbocycles. The molecule has 0 unspecified atom stereocenters. The summed E-state index contributed by atoms with van der Waals surface area (Å²) in [5, 5.41) is 6.59. The molecule has 0 saturated heterocycles. The quantitative estimate of drug-likeness (QED) is 0.635. The molecule has 0 radical (unpaired) electrons. The Labute approximate surface area is 89.3 Å². The number of carbonyl (C=O) groups is 1. The molecular formula is C6H9N3OS3. The molecule has 1 aromatic rings. The van der Waals surface area contributed by atoms with Gasteiger partial charge in [-0.25, -0.2) is 0 Å². The number of aromatic nitrogens is 2. The molecular weight excluding hydrogens is 226 g/mol. The summed E-state index contributed by atoms with van der Waals surface area (Å²) in [5.41, 5.74) is 0. The van der Waals surface area contributed by atoms with Crippen molar-refractivity contribution >= 4 is 41.2 Å². The molecule has 0 spiro atoms. The van der Waals surface area contributed by atoms with E-state index in [4.69, 9.17) is 12.2 Å². The normalized spacial score (nSPS) is 10.0. The van der Waals surface area contributed by atoms with Crippen LogP contribution in [0.3, 0.4) is 0 Å². The Hall–Kier alpha value is -0.400. The first kappa shape index (κ1) is 10.7. The first-order chi connectivity index (χ1) is 6.09. The van der Waals surface area contributed by atoms with Gasteiger partial charge in [0.1, 0.15) is 0 Å². The number of rotatable bonds is 3. The fourth-order valence-electron chi connectivity index (χ4n) is 0.531. The third-order valence-electron chi connectivity index (χ3n) is 1.24. The van der Waals surface area contributed by atoms with E-state index in [0.717, 1.165) is 4.34 Å². The lowest BCUT2D eigenvalue weighted by atomic mass is 10.6. The van der Waals surface area contributed by atoms with Gasteiger partial charge in [0.05, 0.1) is 5.75 Å². The first-order valence-corrected chi connectivity index (χ1v) is 5.69. The van der Waals surface area contributed by atoms with Crippen LogP contribution >= 0.6 is 35.3 Å². The van der Waals surface area contributed by atoms with Crippen molar-refractivity contribution in [2.24, 2.45) is 0 Å². The molecule has 4 nitrogen and oxygen atoms in total. The second-order valence-electron chi connectivity index (χ2n) is 2.46. The Bertz CT molecular complexity index is 343. The molecule has 1 rings (SSSR count). The minimum Gasteiger partial charge on any atom is -0.348 e. The van der Waals surface area contributed by atoms with Gasteiger partial charge in [-0.1, -0.05) is 23.1 Å². The van der Waals surface area contributed by atoms with Crippen LogP contribution in [0.25, 0.3) is 0 Å². The maximum absolute atomic E-state index is 11.2. The van der Waals surface area contributed by atoms with E-state index >= 15 is 0 Å². The average Bonchev–Trinajstić information content (AvgIpc) is 2.47. The smallest absolute Gasteiger partial charge is 0.232 e. The maximum Gasteiger partial charge on any atom is 0.232 e. The monoisotopic (exact) mass is 235 g/mol. The lowest BCUT2D eigenvalue weighted by molar-refractivity contribution is -0.125. The zero-order valence-electron chi connectivity index (χ0n) is 7.23. The van der Waals surface area contributed by atoms with Gasteiger partial charge in [-0.2, -0.15) is 5.10 Å². The van der Waals surface area contributed by atoms with Gasteiger partial charge in [-0.3, -0.25) is 9.89 Å². The molecule has 0 aromatic carbocycles. The molecule has 0 fully saturated rings. The van der Waals surface area contributed by atoms with Gasteiger partial charge in [0.2, 0.25) is 5.91 Å². The minimum atomic E-state index is 0.0751. The highest BCUT2D eigenvalue weighted by Crippen LogP contribution is 2.19. The van der Waals surface area contributed by atoms with Crippen LogP contribution in [0.1, 0.15) is 0 Å². The number of aromatic amines is 1. The van der Waals surface area contributed by atoms with Gasteiger partial charge in [-0.05, 0) is 12.2 Å². The number of carbonyl (C=O) groups excluding carboxylic acids is 1. The molecule has 0 aliphatic heterocycles. The summed E-state index contributed by atoms with van der Waals surface area (Å²) in [5.74, 6) is 0.481. The summed E-state index contributed by atoms with van der Waals surface area (Å²) < 4.78 is 1.44. The van der Waals surface area contributed by atoms with Crippen LogP contribution < -0.4 is 0 Å². The van der Waals surface area contributed by atoms with Crippen molar-refractivity contribution in [1.29, 1.82) is 0 Å². The fourth-order valence-corrected chi connectivity index (χ4v) is 2.59. The van der Waals surface area contributed by atoms with Crippen LogP contribution in [0.5, 0.6) is 0 Å². The van der Waals surface area contributed by atoms with E-state index in [-0.39, 0.29) is 5.91 Å². The van der Waals surface area contributed by atoms with E-state index in [1.54, 1.807) is 19.0 Å². The summed E-state index contributed by atoms with van der Waals surface area (Å²) in [4.78, 5) is 12.7. The molecule has 0 saturated carbocycles. The molecule has 0 bridgehead atoms. The number of hydrogen-bond acceptors (Lipinski definition) is 5. The minimum absolute atomic E-state index is 0.0751. The molecule has 1 heterocycles. The van der Waals surface area contributed by atoms with Gasteiger partial charge in [0.15, 0.2) is 8.29 Å². The van der Waals surface area contributed by atoms with Crippen LogP contribution in [0.4, 0.5) is 0 Å². The number of amides is 1. The molecule has 13 heavy (non-hydrogen) atoms. The second-order valence-corrected chi connectivity index (χ2v) is 5.34. The number of H-pyrrole nitrogens is 1. The highest BCUT2D eigenvalue weighted by atomic mass is 32.2. The standard InChI is InChI=1S/C6H9N3OS3/c1-9(2)4(10)3-12-6-8-7-5(11)13-6/h3H2,1-2H3,(H,7,11). The fraction of sp³-hybridized carbons (Fsp3) is 0.500. The zero-order chi connectivity index (χ0) is 9.84. The molecule has 1 amide bonds. The molecule has 0 atom stereocenters. The average molecular weight is 235 g/mol. The lowest BCUT2D eigenvalue weighted by Crippen LogP contribution is -2.23. The Morgan fingerprint density at radius 1 is 1.77 bits per heavy atom. The predicted octanol–water partition coefficient (Wildman–Crippen LogP) is 1.38. The van der Waals surface area contributed by atoms with E-state index in [9.17, 15) is 4.79 Å². The van der Waals surface area contributed by atoms with E-state index in [1.165, 1.54) is 23.1 Å². The Morgan fingerprint density at radius 3 is 2.92 bits per heavy atom. The molecule has 1 aromatic heterocycles. The largest absolute Gasteiger partial charge is 0.348 e. The molecule has 72 valence electrons. The number of thioether (sulfide) groups is 1. The summed E-state index contributed by atoms with van der Waals surface area (Å²) in [7, 11) is 3.46. The van der Waals surface area contributed by atoms with Crippen molar-refractivity contribution < 1.29 is 4.79 Å². The van der Waals surface area contributed by atoms with Crippen LogP contribution in [0.15, 0.2) is 4.34 Å². The van der Waals surface area contributed by atoms with Crippen LogP contribution in [-0.4, -0.2) is 40.9 Å². The van der Waals surface area contributed by atoms with Gasteiger partial charge >= 0.3 is 0 Å². The van der Waals surface area contributed by atoms with Crippen LogP contribution in [0.2, 0.25) is 0 Å². The Morgan fingerprint density at radius 2 is 2.46 bits per heavy atom. The van der Waals surface area contributed by atoms with Crippen molar-refractivity contribution in [3.8, 4) is 0 Å². The molecule has 1 N–H and O–H groups in total. The highest BCUT2D eigenvalue weighted by Gasteiger charge is 2.06. The molecule has 0 aliphatic rings. The van der Waals surface area contributed by atoms with Crippen molar-refractivity contribution in [3.63, 3.8) is 0 Å². The van der Waals surface area contributed by atoms with Crippen molar-refractivity contribution in [1.82, 2.24) is 15.1 Å². The second kappa shape index (κ2) is 4.73. The zero-order valence-corrected chi connectivity index (χ0v) is 9.68. The van der Waals surface area contributed by atoms with Gasteiger partial charge in [0, 0.05) is 14.1 Å². The number of hydrogen-bond donors (Lipinski definition) is 1. The van der Waals surface area contributed by atoms with E-state index in [2.05, 4.69) is 10.2 Å². The number of nitrogens with one attached hydrogen (secondary N) is 1. The summed E-state index contributed by atoms with van der Waals surface area (Å²) in [6.07, 6.45) is 0. The Balaban J connectivity index is 2.44. The summed E-state index contributed by atoms with van der Waals surface area (Å²) in [6, 6.07) is 0. The predicted molar refractivity (Wildman–Crippen MR) is 56.7 cm³/mol. The highest BCUT2D eigenvalue weighted by molar-refractivity contribution is 8.01. The lowest BCUT2D eigenvalue weighted by Gasteiger charge is -2.07. The van der Waals surface area contributed by atoms with Crippen molar-refractivity contribution in [2.75, 3.05) is 19.8 Å². The van der Waals surface area contributed by atoms with Gasteiger partial charge in [0.25, 0.3) is 0 Å². The van der Waals surface area contributed by atoms with Gasteiger partial charge < -0.3 is 4.90 Å². The third kappa shape index (κ3) is 3.45. The van der Waals surface area contributed by atoms with Crippen molar-refractivity contribution in [3.05, 3.63) is 3.95 Å². The topological polar surface area (TPSA) is 49.0 Å². The van der Waals surface area contributed by atoms with Gasteiger partial charge in [-0.15, -0.1) is 0 Å². The third-order valence-corrected chi connectivity index (χ3v) is 3.45. The summed E-state index contributed by atoms with van der Waals surface area (Å²) >= 11 is 7.63.